The van der Waals surface area contributed by atoms with Crippen molar-refractivity contribution >= 4 is 28.5 Å². The van der Waals surface area contributed by atoms with Gasteiger partial charge in [0.25, 0.3) is 5.91 Å². The first-order chi connectivity index (χ1) is 12.4. The van der Waals surface area contributed by atoms with Crippen LogP contribution in [-0.2, 0) is 13.1 Å². The number of aromatic nitrogens is 2. The van der Waals surface area contributed by atoms with Crippen LogP contribution >= 0.6 is 11.6 Å². The number of nitrogens with zero attached hydrogens (tertiary/aromatic N) is 3. The maximum Gasteiger partial charge on any atom is 0.254 e. The minimum atomic E-state index is -0.421. The number of hydrogen-bond donors (Lipinski definition) is 0. The number of carbonyl (C=O) groups excluding carboxylic acids is 1. The third-order valence-corrected chi connectivity index (χ3v) is 4.61. The molecule has 0 aliphatic heterocycles. The predicted octanol–water partition coefficient (Wildman–Crippen LogP) is 4.90. The summed E-state index contributed by atoms with van der Waals surface area (Å²) in [6, 6.07) is 11.3. The quantitative estimate of drug-likeness (QED) is 0.638. The standard InChI is InChI=1S/C20H21ClFN3O/c1-4-24-18-11-15(21)8-9-17(18)23-19(24)12-25(13(2)3)20(26)14-6-5-7-16(22)10-14/h5-11,13H,4,12H2,1-3H3. The van der Waals surface area contributed by atoms with E-state index in [-0.39, 0.29) is 11.9 Å². The topological polar surface area (TPSA) is 38.1 Å². The number of rotatable bonds is 5. The molecule has 0 fully saturated rings. The Morgan fingerprint density at radius 1 is 1.27 bits per heavy atom. The molecule has 3 rings (SSSR count). The average molecular weight is 374 g/mol. The summed E-state index contributed by atoms with van der Waals surface area (Å²) in [5, 5.41) is 0.648. The van der Waals surface area contributed by atoms with Gasteiger partial charge in [0.15, 0.2) is 0 Å². The van der Waals surface area contributed by atoms with E-state index in [9.17, 15) is 9.18 Å². The Labute approximate surface area is 157 Å². The molecule has 136 valence electrons. The van der Waals surface area contributed by atoms with Crippen molar-refractivity contribution in [3.63, 3.8) is 0 Å². The minimum absolute atomic E-state index is 0.0560. The molecule has 0 atom stereocenters. The van der Waals surface area contributed by atoms with E-state index in [0.29, 0.717) is 23.7 Å². The molecule has 1 amide bonds. The number of halogens is 2. The van der Waals surface area contributed by atoms with Crippen LogP contribution in [0.1, 0.15) is 37.0 Å². The fraction of sp³-hybridized carbons (Fsp3) is 0.300. The van der Waals surface area contributed by atoms with Gasteiger partial charge in [-0.2, -0.15) is 0 Å². The van der Waals surface area contributed by atoms with Crippen LogP contribution in [0.3, 0.4) is 0 Å². The molecule has 0 saturated carbocycles. The normalized spacial score (nSPS) is 11.3. The molecule has 1 heterocycles. The molecule has 0 radical (unpaired) electrons. The van der Waals surface area contributed by atoms with Crippen LogP contribution in [0.2, 0.25) is 5.02 Å². The molecular weight excluding hydrogens is 353 g/mol. The third-order valence-electron chi connectivity index (χ3n) is 4.37. The fourth-order valence-corrected chi connectivity index (χ4v) is 3.21. The van der Waals surface area contributed by atoms with E-state index in [2.05, 4.69) is 9.55 Å². The molecule has 26 heavy (non-hydrogen) atoms. The van der Waals surface area contributed by atoms with Gasteiger partial charge in [0.1, 0.15) is 11.6 Å². The highest BCUT2D eigenvalue weighted by atomic mass is 35.5. The van der Waals surface area contributed by atoms with Crippen LogP contribution in [0.15, 0.2) is 42.5 Å². The zero-order valence-corrected chi connectivity index (χ0v) is 15.8. The number of aryl methyl sites for hydroxylation is 1. The van der Waals surface area contributed by atoms with Crippen LogP contribution in [0.25, 0.3) is 11.0 Å². The number of benzene rings is 2. The summed E-state index contributed by atoms with van der Waals surface area (Å²) in [4.78, 5) is 19.3. The summed E-state index contributed by atoms with van der Waals surface area (Å²) in [7, 11) is 0. The molecule has 3 aromatic rings. The summed E-state index contributed by atoms with van der Waals surface area (Å²) in [5.41, 5.74) is 2.12. The second-order valence-corrected chi connectivity index (χ2v) is 6.88. The van der Waals surface area contributed by atoms with Crippen LogP contribution < -0.4 is 0 Å². The Bertz CT molecular complexity index is 951. The van der Waals surface area contributed by atoms with E-state index >= 15 is 0 Å². The lowest BCUT2D eigenvalue weighted by Gasteiger charge is -2.27. The molecule has 1 aromatic heterocycles. The highest BCUT2D eigenvalue weighted by Gasteiger charge is 2.22. The third kappa shape index (κ3) is 3.58. The lowest BCUT2D eigenvalue weighted by Crippen LogP contribution is -2.37. The van der Waals surface area contributed by atoms with Gasteiger partial charge in [0.2, 0.25) is 0 Å². The van der Waals surface area contributed by atoms with Gasteiger partial charge in [-0.15, -0.1) is 0 Å². The van der Waals surface area contributed by atoms with Gasteiger partial charge in [0, 0.05) is 23.2 Å². The summed E-state index contributed by atoms with van der Waals surface area (Å²) < 4.78 is 15.6. The second-order valence-electron chi connectivity index (χ2n) is 6.44. The van der Waals surface area contributed by atoms with Crippen molar-refractivity contribution in [1.29, 1.82) is 0 Å². The molecule has 0 N–H and O–H groups in total. The molecule has 0 bridgehead atoms. The van der Waals surface area contributed by atoms with Crippen molar-refractivity contribution in [3.05, 3.63) is 64.7 Å². The van der Waals surface area contributed by atoms with Crippen LogP contribution in [-0.4, -0.2) is 26.4 Å². The van der Waals surface area contributed by atoms with E-state index in [4.69, 9.17) is 11.6 Å². The monoisotopic (exact) mass is 373 g/mol. The van der Waals surface area contributed by atoms with Crippen molar-refractivity contribution in [3.8, 4) is 0 Å². The Kier molecular flexibility index (Phi) is 5.28. The molecule has 0 unspecified atom stereocenters. The van der Waals surface area contributed by atoms with Gasteiger partial charge in [-0.05, 0) is 57.2 Å². The molecule has 0 saturated heterocycles. The van der Waals surface area contributed by atoms with E-state index in [1.165, 1.54) is 12.1 Å². The SMILES string of the molecule is CCn1c(CN(C(=O)c2cccc(F)c2)C(C)C)nc2ccc(Cl)cc21. The zero-order chi connectivity index (χ0) is 18.8. The van der Waals surface area contributed by atoms with Gasteiger partial charge in [-0.1, -0.05) is 17.7 Å². The Balaban J connectivity index is 1.98. The predicted molar refractivity (Wildman–Crippen MR) is 102 cm³/mol. The van der Waals surface area contributed by atoms with Gasteiger partial charge in [-0.25, -0.2) is 9.37 Å². The number of amides is 1. The highest BCUT2D eigenvalue weighted by molar-refractivity contribution is 6.31. The van der Waals surface area contributed by atoms with Crippen molar-refractivity contribution in [2.75, 3.05) is 0 Å². The van der Waals surface area contributed by atoms with Gasteiger partial charge in [0.05, 0.1) is 17.6 Å². The van der Waals surface area contributed by atoms with E-state index in [1.54, 1.807) is 23.1 Å². The molecule has 0 aliphatic carbocycles. The molecule has 2 aromatic carbocycles. The van der Waals surface area contributed by atoms with Gasteiger partial charge < -0.3 is 9.47 Å². The number of imidazole rings is 1. The summed E-state index contributed by atoms with van der Waals surface area (Å²) >= 11 is 6.12. The molecule has 0 aliphatic rings. The Morgan fingerprint density at radius 3 is 2.69 bits per heavy atom. The maximum atomic E-state index is 13.5. The number of carbonyl (C=O) groups is 1. The van der Waals surface area contributed by atoms with E-state index < -0.39 is 5.82 Å². The molecule has 6 heteroatoms. The first kappa shape index (κ1) is 18.4. The lowest BCUT2D eigenvalue weighted by atomic mass is 10.1. The average Bonchev–Trinajstić information content (AvgIpc) is 2.95. The second kappa shape index (κ2) is 7.46. The molecule has 0 spiro atoms. The van der Waals surface area contributed by atoms with Gasteiger partial charge >= 0.3 is 0 Å². The van der Waals surface area contributed by atoms with Gasteiger partial charge in [-0.3, -0.25) is 4.79 Å². The number of hydrogen-bond acceptors (Lipinski definition) is 2. The van der Waals surface area contributed by atoms with Crippen molar-refractivity contribution in [2.24, 2.45) is 0 Å². The lowest BCUT2D eigenvalue weighted by molar-refractivity contribution is 0.0682. The molecule has 4 nitrogen and oxygen atoms in total. The Hall–Kier alpha value is -2.40. The minimum Gasteiger partial charge on any atom is -0.329 e. The van der Waals surface area contributed by atoms with E-state index in [0.717, 1.165) is 16.9 Å². The first-order valence-corrected chi connectivity index (χ1v) is 8.99. The van der Waals surface area contributed by atoms with Crippen LogP contribution in [0.5, 0.6) is 0 Å². The number of fused-ring (bicyclic) bond motifs is 1. The van der Waals surface area contributed by atoms with Crippen molar-refractivity contribution in [2.45, 2.75) is 39.9 Å². The van der Waals surface area contributed by atoms with Crippen molar-refractivity contribution in [1.82, 2.24) is 14.5 Å². The fourth-order valence-electron chi connectivity index (χ4n) is 3.05. The highest BCUT2D eigenvalue weighted by Crippen LogP contribution is 2.23. The van der Waals surface area contributed by atoms with Crippen LogP contribution in [0, 0.1) is 5.82 Å². The smallest absolute Gasteiger partial charge is 0.254 e. The molecular formula is C20H21ClFN3O. The zero-order valence-electron chi connectivity index (χ0n) is 15.0. The van der Waals surface area contributed by atoms with E-state index in [1.807, 2.05) is 32.9 Å². The first-order valence-electron chi connectivity index (χ1n) is 8.62. The Morgan fingerprint density at radius 2 is 2.04 bits per heavy atom. The summed E-state index contributed by atoms with van der Waals surface area (Å²) in [6.45, 7) is 6.96. The largest absolute Gasteiger partial charge is 0.329 e. The summed E-state index contributed by atoms with van der Waals surface area (Å²) in [6.07, 6.45) is 0. The summed E-state index contributed by atoms with van der Waals surface area (Å²) in [5.74, 6) is 0.144. The van der Waals surface area contributed by atoms with Crippen LogP contribution in [0.4, 0.5) is 4.39 Å². The maximum absolute atomic E-state index is 13.5. The van der Waals surface area contributed by atoms with Crippen molar-refractivity contribution < 1.29 is 9.18 Å².